The molecule has 0 bridgehead atoms. The van der Waals surface area contributed by atoms with E-state index in [1.807, 2.05) is 14.1 Å². The van der Waals surface area contributed by atoms with Gasteiger partial charge in [-0.15, -0.1) is 0 Å². The zero-order valence-electron chi connectivity index (χ0n) is 29.2. The molecule has 4 rings (SSSR count). The predicted octanol–water partition coefficient (Wildman–Crippen LogP) is 6.21. The number of likely N-dealkylation sites (N-methyl/N-ethyl adjacent to an activating group) is 1. The molecule has 10 atom stereocenters. The Balaban J connectivity index is 1.36. The average molecular weight is 639 g/mol. The predicted molar refractivity (Wildman–Crippen MR) is 177 cm³/mol. The van der Waals surface area contributed by atoms with Crippen LogP contribution >= 0.6 is 0 Å². The second kappa shape index (κ2) is 14.2. The first-order chi connectivity index (χ1) is 20.5. The van der Waals surface area contributed by atoms with E-state index in [9.17, 15) is 22.9 Å². The Labute approximate surface area is 270 Å². The van der Waals surface area contributed by atoms with Gasteiger partial charge in [-0.3, -0.25) is 4.79 Å². The zero-order chi connectivity index (χ0) is 32.5. The number of fused-ring (bicyclic) bond motifs is 5. The lowest BCUT2D eigenvalue weighted by atomic mass is 9.42. The number of carbonyl (C=O) groups is 1. The van der Waals surface area contributed by atoms with E-state index in [0.29, 0.717) is 34.8 Å². The molecule has 4 saturated carbocycles. The van der Waals surface area contributed by atoms with Crippen molar-refractivity contribution < 1.29 is 27.4 Å². The minimum Gasteiger partial charge on any atom is -0.748 e. The molecule has 256 valence electrons. The third kappa shape index (κ3) is 8.05. The van der Waals surface area contributed by atoms with Gasteiger partial charge in [-0.1, -0.05) is 60.3 Å². The molecule has 4 aliphatic rings. The summed E-state index contributed by atoms with van der Waals surface area (Å²) >= 11 is 0. The molecule has 4 fully saturated rings. The fourth-order valence-electron chi connectivity index (χ4n) is 11.6. The number of aliphatic hydroxyl groups is 1. The van der Waals surface area contributed by atoms with E-state index in [1.54, 1.807) is 0 Å². The van der Waals surface area contributed by atoms with Gasteiger partial charge in [0.25, 0.3) is 0 Å². The van der Waals surface area contributed by atoms with Crippen molar-refractivity contribution in [3.63, 3.8) is 0 Å². The number of hydrogen-bond acceptors (Lipinski definition) is 5. The average Bonchev–Trinajstić information content (AvgIpc) is 3.26. The molecule has 3 unspecified atom stereocenters. The van der Waals surface area contributed by atoms with Crippen LogP contribution in [0.1, 0.15) is 118 Å². The molecule has 0 aromatic heterocycles. The van der Waals surface area contributed by atoms with Crippen molar-refractivity contribution in [3.05, 3.63) is 0 Å². The summed E-state index contributed by atoms with van der Waals surface area (Å²) in [7, 11) is -0.608. The Morgan fingerprint density at radius 3 is 2.39 bits per heavy atom. The van der Waals surface area contributed by atoms with Gasteiger partial charge in [0.2, 0.25) is 5.91 Å². The molecule has 0 heterocycles. The Morgan fingerprint density at radius 2 is 1.70 bits per heavy atom. The summed E-state index contributed by atoms with van der Waals surface area (Å²) in [5, 5.41) is 13.4. The second-order valence-corrected chi connectivity index (χ2v) is 18.8. The van der Waals surface area contributed by atoms with Gasteiger partial charge in [-0.25, -0.2) is 8.42 Å². The maximum absolute atomic E-state index is 13.9. The topological polar surface area (TPSA) is 107 Å². The quantitative estimate of drug-likeness (QED) is 0.134. The van der Waals surface area contributed by atoms with E-state index in [-0.39, 0.29) is 23.8 Å². The first-order valence-electron chi connectivity index (χ1n) is 18.2. The van der Waals surface area contributed by atoms with Crippen LogP contribution in [0.2, 0.25) is 0 Å². The van der Waals surface area contributed by atoms with Gasteiger partial charge < -0.3 is 19.5 Å². The highest BCUT2D eigenvalue weighted by Gasteiger charge is 2.62. The smallest absolute Gasteiger partial charge is 0.223 e. The second-order valence-electron chi connectivity index (χ2n) is 17.4. The number of rotatable bonds is 14. The molecular formula is C36H66N2O5S. The maximum Gasteiger partial charge on any atom is 0.223 e. The molecule has 4 aliphatic carbocycles. The first kappa shape index (κ1) is 36.1. The van der Waals surface area contributed by atoms with E-state index >= 15 is 0 Å². The third-order valence-electron chi connectivity index (χ3n) is 13.6. The fourth-order valence-corrected chi connectivity index (χ4v) is 12.2. The number of quaternary nitrogens is 1. The van der Waals surface area contributed by atoms with Crippen molar-refractivity contribution in [3.8, 4) is 0 Å². The van der Waals surface area contributed by atoms with Crippen LogP contribution in [0.25, 0.3) is 0 Å². The van der Waals surface area contributed by atoms with Crippen LogP contribution in [0, 0.1) is 58.2 Å². The van der Waals surface area contributed by atoms with Gasteiger partial charge >= 0.3 is 0 Å². The van der Waals surface area contributed by atoms with E-state index in [1.165, 1.54) is 64.2 Å². The normalized spacial score (nSPS) is 37.1. The summed E-state index contributed by atoms with van der Waals surface area (Å²) in [4.78, 5) is 13.9. The summed E-state index contributed by atoms with van der Waals surface area (Å²) in [6, 6.07) is 0. The van der Waals surface area contributed by atoms with E-state index in [2.05, 4.69) is 39.9 Å². The number of nitrogens with one attached hydrogen (secondary N) is 1. The number of amides is 1. The van der Waals surface area contributed by atoms with Crippen LogP contribution in [0.3, 0.4) is 0 Å². The lowest BCUT2D eigenvalue weighted by Gasteiger charge is -2.62. The van der Waals surface area contributed by atoms with Crippen LogP contribution in [0.4, 0.5) is 0 Å². The Bertz CT molecular complexity index is 1080. The summed E-state index contributed by atoms with van der Waals surface area (Å²) in [6.07, 6.45) is 15.1. The van der Waals surface area contributed by atoms with E-state index < -0.39 is 22.0 Å². The van der Waals surface area contributed by atoms with E-state index in [0.717, 1.165) is 48.9 Å². The number of aliphatic hydroxyl groups excluding tert-OH is 1. The van der Waals surface area contributed by atoms with Crippen molar-refractivity contribution >= 4 is 16.0 Å². The molecule has 0 radical (unpaired) electrons. The highest BCUT2D eigenvalue weighted by molar-refractivity contribution is 7.85. The SMILES string of the molecule is CC(C)CCC[C@@H](C)[C@H]1CC[C@H]2[C@@H]3CCC4CCCC(C(=O)NCCC[N+](C)(C)CC(O)CS(=O)(=O)[O-])[C@]4(C)[C@H]3CC[C@]12C. The molecule has 0 aromatic carbocycles. The zero-order valence-corrected chi connectivity index (χ0v) is 30.0. The van der Waals surface area contributed by atoms with Gasteiger partial charge in [0, 0.05) is 18.9 Å². The molecule has 8 heteroatoms. The van der Waals surface area contributed by atoms with E-state index in [4.69, 9.17) is 0 Å². The van der Waals surface area contributed by atoms with Crippen molar-refractivity contribution in [2.45, 2.75) is 124 Å². The molecule has 0 saturated heterocycles. The summed E-state index contributed by atoms with van der Waals surface area (Å²) in [6.45, 7) is 13.9. The van der Waals surface area contributed by atoms with Crippen LogP contribution in [-0.4, -0.2) is 74.1 Å². The molecule has 44 heavy (non-hydrogen) atoms. The lowest BCUT2D eigenvalue weighted by Crippen LogP contribution is -2.58. The summed E-state index contributed by atoms with van der Waals surface area (Å²) < 4.78 is 33.5. The molecule has 2 N–H and O–H groups in total. The van der Waals surface area contributed by atoms with Crippen molar-refractivity contribution in [1.82, 2.24) is 5.32 Å². The Kier molecular flexibility index (Phi) is 11.7. The standard InChI is InChI=1S/C36H66N2O5S/c1-25(2)11-8-12-26(3)30-17-18-31-29-16-15-27-13-9-14-33(36(27,5)32(29)19-20-35(30,31)4)34(40)37-21-10-22-38(6,7)23-28(39)24-44(41,42)43/h25-33,39H,8-24H2,1-7H3,(H-,37,40,41,42,43)/t26-,27?,28?,29+,30-,31+,32+,33?,35-,36+/m1/s1. The Morgan fingerprint density at radius 1 is 0.977 bits per heavy atom. The minimum atomic E-state index is -4.46. The van der Waals surface area contributed by atoms with Gasteiger partial charge in [-0.2, -0.15) is 0 Å². The summed E-state index contributed by atoms with van der Waals surface area (Å²) in [5.41, 5.74) is 0.543. The van der Waals surface area contributed by atoms with Crippen molar-refractivity contribution in [2.24, 2.45) is 58.2 Å². The van der Waals surface area contributed by atoms with Crippen LogP contribution in [0.15, 0.2) is 0 Å². The van der Waals surface area contributed by atoms with Crippen LogP contribution in [-0.2, 0) is 14.9 Å². The monoisotopic (exact) mass is 638 g/mol. The fraction of sp³-hybridized carbons (Fsp3) is 0.972. The highest BCUT2D eigenvalue weighted by atomic mass is 32.2. The van der Waals surface area contributed by atoms with Gasteiger partial charge in [0.05, 0.1) is 36.5 Å². The Hall–Kier alpha value is -0.700. The number of hydrogen-bond donors (Lipinski definition) is 2. The molecule has 1 amide bonds. The lowest BCUT2D eigenvalue weighted by molar-refractivity contribution is -0.893. The molecular weight excluding hydrogens is 572 g/mol. The van der Waals surface area contributed by atoms with Gasteiger partial charge in [0.15, 0.2) is 0 Å². The van der Waals surface area contributed by atoms with Crippen LogP contribution in [0.5, 0.6) is 0 Å². The third-order valence-corrected chi connectivity index (χ3v) is 14.4. The van der Waals surface area contributed by atoms with Gasteiger partial charge in [0.1, 0.15) is 12.6 Å². The number of nitrogens with zero attached hydrogens (tertiary/aromatic N) is 1. The molecule has 7 nitrogen and oxygen atoms in total. The highest BCUT2D eigenvalue weighted by Crippen LogP contribution is 2.69. The van der Waals surface area contributed by atoms with Crippen molar-refractivity contribution in [1.29, 1.82) is 0 Å². The summed E-state index contributed by atoms with van der Waals surface area (Å²) in [5.74, 6) is 4.90. The molecule has 0 aromatic rings. The van der Waals surface area contributed by atoms with Crippen molar-refractivity contribution in [2.75, 3.05) is 39.5 Å². The minimum absolute atomic E-state index is 0.0802. The molecule has 0 aliphatic heterocycles. The molecule has 0 spiro atoms. The number of carbonyl (C=O) groups excluding carboxylic acids is 1. The maximum atomic E-state index is 13.9. The van der Waals surface area contributed by atoms with Gasteiger partial charge in [-0.05, 0) is 104 Å². The van der Waals surface area contributed by atoms with Crippen LogP contribution < -0.4 is 5.32 Å². The largest absolute Gasteiger partial charge is 0.748 e. The first-order valence-corrected chi connectivity index (χ1v) is 19.8.